The van der Waals surface area contributed by atoms with Gasteiger partial charge in [-0.25, -0.2) is 0 Å². The van der Waals surface area contributed by atoms with Gasteiger partial charge < -0.3 is 4.74 Å². The Kier molecular flexibility index (Phi) is 10.7. The highest BCUT2D eigenvalue weighted by Gasteiger charge is 1.85. The minimum Gasteiger partial charge on any atom is -0.498 e. The fourth-order valence-corrected chi connectivity index (χ4v) is 1.14. The van der Waals surface area contributed by atoms with Crippen molar-refractivity contribution in [1.82, 2.24) is 0 Å². The molecule has 0 saturated carbocycles. The minimum absolute atomic E-state index is 1.17. The van der Waals surface area contributed by atoms with Gasteiger partial charge in [0.2, 0.25) is 0 Å². The van der Waals surface area contributed by atoms with Crippen molar-refractivity contribution in [3.63, 3.8) is 0 Å². The maximum atomic E-state index is 4.52. The molecule has 1 heteroatoms. The topological polar surface area (TPSA) is 9.23 Å². The highest BCUT2D eigenvalue weighted by molar-refractivity contribution is 4.99. The first-order valence-electron chi connectivity index (χ1n) is 5.14. The second-order valence-electron chi connectivity index (χ2n) is 3.13. The third kappa shape index (κ3) is 11.3. The summed E-state index contributed by atoms with van der Waals surface area (Å²) in [5.41, 5.74) is 0. The molecule has 0 aliphatic heterocycles. The average Bonchev–Trinajstić information content (AvgIpc) is 2.16. The van der Waals surface area contributed by atoms with Crippen LogP contribution in [-0.2, 0) is 4.74 Å². The SMILES string of the molecule is [CH2]O/C=C/C=C/CCCCCCC. The van der Waals surface area contributed by atoms with Gasteiger partial charge in [-0.1, -0.05) is 44.8 Å². The van der Waals surface area contributed by atoms with E-state index in [1.54, 1.807) is 6.26 Å². The summed E-state index contributed by atoms with van der Waals surface area (Å²) < 4.78 is 4.52. The van der Waals surface area contributed by atoms with Crippen LogP contribution >= 0.6 is 0 Å². The zero-order chi connectivity index (χ0) is 9.78. The van der Waals surface area contributed by atoms with E-state index in [9.17, 15) is 0 Å². The van der Waals surface area contributed by atoms with Gasteiger partial charge in [-0.3, -0.25) is 0 Å². The van der Waals surface area contributed by atoms with Crippen molar-refractivity contribution in [3.8, 4) is 0 Å². The van der Waals surface area contributed by atoms with Crippen molar-refractivity contribution >= 4 is 0 Å². The van der Waals surface area contributed by atoms with Crippen LogP contribution in [0.3, 0.4) is 0 Å². The summed E-state index contributed by atoms with van der Waals surface area (Å²) in [6.07, 6.45) is 15.5. The predicted molar refractivity (Wildman–Crippen MR) is 58.1 cm³/mol. The van der Waals surface area contributed by atoms with Gasteiger partial charge in [-0.05, 0) is 18.9 Å². The van der Waals surface area contributed by atoms with Crippen LogP contribution in [0, 0.1) is 7.11 Å². The molecule has 0 aromatic rings. The van der Waals surface area contributed by atoms with Gasteiger partial charge in [0.1, 0.15) is 7.11 Å². The van der Waals surface area contributed by atoms with Crippen molar-refractivity contribution in [2.75, 3.05) is 0 Å². The van der Waals surface area contributed by atoms with Gasteiger partial charge in [-0.2, -0.15) is 0 Å². The molecule has 13 heavy (non-hydrogen) atoms. The van der Waals surface area contributed by atoms with Crippen molar-refractivity contribution < 1.29 is 4.74 Å². The highest BCUT2D eigenvalue weighted by atomic mass is 16.5. The van der Waals surface area contributed by atoms with Crippen LogP contribution in [-0.4, -0.2) is 0 Å². The summed E-state index contributed by atoms with van der Waals surface area (Å²) in [4.78, 5) is 0. The van der Waals surface area contributed by atoms with Crippen LogP contribution in [0.5, 0.6) is 0 Å². The molecule has 0 aromatic heterocycles. The number of hydrogen-bond acceptors (Lipinski definition) is 1. The van der Waals surface area contributed by atoms with E-state index in [0.717, 1.165) is 0 Å². The lowest BCUT2D eigenvalue weighted by Gasteiger charge is -1.95. The van der Waals surface area contributed by atoms with Crippen LogP contribution < -0.4 is 0 Å². The lowest BCUT2D eigenvalue weighted by atomic mass is 10.1. The van der Waals surface area contributed by atoms with Crippen LogP contribution in [0.1, 0.15) is 45.4 Å². The summed E-state index contributed by atoms with van der Waals surface area (Å²) in [5.74, 6) is 0. The fourth-order valence-electron chi connectivity index (χ4n) is 1.14. The molecule has 0 aliphatic carbocycles. The number of unbranched alkanes of at least 4 members (excludes halogenated alkanes) is 5. The second-order valence-corrected chi connectivity index (χ2v) is 3.13. The van der Waals surface area contributed by atoms with Crippen LogP contribution in [0.15, 0.2) is 24.5 Å². The van der Waals surface area contributed by atoms with E-state index < -0.39 is 0 Å². The zero-order valence-corrected chi connectivity index (χ0v) is 8.67. The Labute approximate surface area is 82.5 Å². The lowest BCUT2D eigenvalue weighted by molar-refractivity contribution is 0.394. The highest BCUT2D eigenvalue weighted by Crippen LogP contribution is 2.05. The van der Waals surface area contributed by atoms with Gasteiger partial charge >= 0.3 is 0 Å². The molecule has 0 unspecified atom stereocenters. The average molecular weight is 181 g/mol. The van der Waals surface area contributed by atoms with E-state index in [4.69, 9.17) is 0 Å². The first-order chi connectivity index (χ1) is 6.41. The summed E-state index contributed by atoms with van der Waals surface area (Å²) in [5, 5.41) is 0. The van der Waals surface area contributed by atoms with E-state index in [1.165, 1.54) is 38.5 Å². The van der Waals surface area contributed by atoms with Crippen molar-refractivity contribution in [1.29, 1.82) is 0 Å². The maximum absolute atomic E-state index is 4.52. The Morgan fingerprint density at radius 1 is 1.08 bits per heavy atom. The smallest absolute Gasteiger partial charge is 0.121 e. The van der Waals surface area contributed by atoms with Crippen molar-refractivity contribution in [2.45, 2.75) is 45.4 Å². The monoisotopic (exact) mass is 181 g/mol. The van der Waals surface area contributed by atoms with Crippen molar-refractivity contribution in [2.24, 2.45) is 0 Å². The van der Waals surface area contributed by atoms with E-state index >= 15 is 0 Å². The van der Waals surface area contributed by atoms with Crippen LogP contribution in [0.4, 0.5) is 0 Å². The molecule has 0 amide bonds. The number of allylic oxidation sites excluding steroid dienone is 3. The maximum Gasteiger partial charge on any atom is 0.121 e. The molecule has 0 aliphatic rings. The molecular formula is C12H21O. The third-order valence-corrected chi connectivity index (χ3v) is 1.90. The molecule has 0 heterocycles. The minimum atomic E-state index is 1.17. The Hall–Kier alpha value is -0.720. The molecule has 0 bridgehead atoms. The Bertz CT molecular complexity index is 136. The zero-order valence-electron chi connectivity index (χ0n) is 8.67. The van der Waals surface area contributed by atoms with Gasteiger partial charge in [0, 0.05) is 0 Å². The van der Waals surface area contributed by atoms with Gasteiger partial charge in [0.05, 0.1) is 6.26 Å². The van der Waals surface area contributed by atoms with E-state index in [1.807, 2.05) is 12.2 Å². The molecule has 0 N–H and O–H groups in total. The largest absolute Gasteiger partial charge is 0.498 e. The summed E-state index contributed by atoms with van der Waals surface area (Å²) >= 11 is 0. The van der Waals surface area contributed by atoms with E-state index in [0.29, 0.717) is 0 Å². The van der Waals surface area contributed by atoms with Crippen LogP contribution in [0.25, 0.3) is 0 Å². The molecule has 0 atom stereocenters. The fraction of sp³-hybridized carbons (Fsp3) is 0.583. The number of rotatable bonds is 8. The molecular weight excluding hydrogens is 160 g/mol. The summed E-state index contributed by atoms with van der Waals surface area (Å²) in [6, 6.07) is 0. The molecule has 1 nitrogen and oxygen atoms in total. The van der Waals surface area contributed by atoms with E-state index in [-0.39, 0.29) is 0 Å². The normalized spacial score (nSPS) is 11.5. The quantitative estimate of drug-likeness (QED) is 0.309. The van der Waals surface area contributed by atoms with Gasteiger partial charge in [0.15, 0.2) is 0 Å². The Morgan fingerprint density at radius 3 is 2.54 bits per heavy atom. The molecule has 0 spiro atoms. The Balaban J connectivity index is 3.06. The second kappa shape index (κ2) is 11.3. The first-order valence-corrected chi connectivity index (χ1v) is 5.14. The predicted octanol–water partition coefficient (Wildman–Crippen LogP) is 4.22. The molecule has 0 aromatic carbocycles. The summed E-state index contributed by atoms with van der Waals surface area (Å²) in [6.45, 7) is 2.24. The Morgan fingerprint density at radius 2 is 1.85 bits per heavy atom. The summed E-state index contributed by atoms with van der Waals surface area (Å²) in [7, 11) is 3.23. The first kappa shape index (κ1) is 12.3. The van der Waals surface area contributed by atoms with Gasteiger partial charge in [-0.15, -0.1) is 0 Å². The molecule has 0 rings (SSSR count). The van der Waals surface area contributed by atoms with Crippen LogP contribution in [0.2, 0.25) is 0 Å². The molecule has 0 fully saturated rings. The van der Waals surface area contributed by atoms with Crippen molar-refractivity contribution in [3.05, 3.63) is 31.6 Å². The lowest BCUT2D eigenvalue weighted by Crippen LogP contribution is -1.75. The standard InChI is InChI=1S/C12H21O/c1-3-4-5-6-7-8-9-10-11-12-13-2/h9-12H,2-8H2,1H3/b10-9+,12-11+. The third-order valence-electron chi connectivity index (χ3n) is 1.90. The molecule has 1 radical (unpaired) electrons. The molecule has 0 saturated heterocycles. The number of ether oxygens (including phenoxy) is 1. The molecule has 75 valence electrons. The van der Waals surface area contributed by atoms with Gasteiger partial charge in [0.25, 0.3) is 0 Å². The number of hydrogen-bond donors (Lipinski definition) is 0. The van der Waals surface area contributed by atoms with E-state index in [2.05, 4.69) is 24.8 Å².